The van der Waals surface area contributed by atoms with Gasteiger partial charge in [-0.15, -0.1) is 0 Å². The van der Waals surface area contributed by atoms with E-state index in [0.29, 0.717) is 42.1 Å². The van der Waals surface area contributed by atoms with Gasteiger partial charge in [-0.25, -0.2) is 0 Å². The number of anilines is 2. The van der Waals surface area contributed by atoms with Gasteiger partial charge in [0.25, 0.3) is 5.91 Å². The number of ether oxygens (including phenoxy) is 2. The summed E-state index contributed by atoms with van der Waals surface area (Å²) in [6.07, 6.45) is 1.18. The average Bonchev–Trinajstić information content (AvgIpc) is 2.67. The Bertz CT molecular complexity index is 848. The highest BCUT2D eigenvalue weighted by molar-refractivity contribution is 6.05. The van der Waals surface area contributed by atoms with Crippen molar-refractivity contribution in [3.63, 3.8) is 0 Å². The minimum Gasteiger partial charge on any atom is -0.493 e. The molecule has 6 heteroatoms. The molecule has 0 unspecified atom stereocenters. The summed E-state index contributed by atoms with van der Waals surface area (Å²) in [6.45, 7) is 2.60. The van der Waals surface area contributed by atoms with Gasteiger partial charge in [0.15, 0.2) is 11.5 Å². The Morgan fingerprint density at radius 3 is 2.54 bits per heavy atom. The first-order chi connectivity index (χ1) is 12.6. The molecule has 6 nitrogen and oxygen atoms in total. The fourth-order valence-electron chi connectivity index (χ4n) is 3.17. The third kappa shape index (κ3) is 3.35. The van der Waals surface area contributed by atoms with Crippen LogP contribution in [0.3, 0.4) is 0 Å². The SMILES string of the molecule is CCN1C(=O)CCc2cc(NC(=O)c3ccc(OC)c(OC)c3)ccc21. The van der Waals surface area contributed by atoms with Crippen LogP contribution in [0.1, 0.15) is 29.3 Å². The minimum atomic E-state index is -0.231. The molecular weight excluding hydrogens is 332 g/mol. The van der Waals surface area contributed by atoms with Gasteiger partial charge < -0.3 is 19.7 Å². The lowest BCUT2D eigenvalue weighted by Crippen LogP contribution is -2.34. The zero-order valence-electron chi connectivity index (χ0n) is 15.2. The van der Waals surface area contributed by atoms with Gasteiger partial charge in [0.05, 0.1) is 14.2 Å². The molecule has 0 fully saturated rings. The van der Waals surface area contributed by atoms with Gasteiger partial charge in [-0.1, -0.05) is 0 Å². The molecule has 0 spiro atoms. The Hall–Kier alpha value is -3.02. The summed E-state index contributed by atoms with van der Waals surface area (Å²) in [5, 5.41) is 2.90. The van der Waals surface area contributed by atoms with E-state index in [1.165, 1.54) is 7.11 Å². The Labute approximate surface area is 152 Å². The van der Waals surface area contributed by atoms with Crippen LogP contribution >= 0.6 is 0 Å². The zero-order valence-corrected chi connectivity index (χ0v) is 15.2. The van der Waals surface area contributed by atoms with Crippen LogP contribution in [0.4, 0.5) is 11.4 Å². The molecule has 2 amide bonds. The Balaban J connectivity index is 1.81. The molecule has 2 aromatic carbocycles. The number of hydrogen-bond donors (Lipinski definition) is 1. The normalized spacial score (nSPS) is 13.2. The third-order valence-corrected chi connectivity index (χ3v) is 4.50. The molecule has 1 heterocycles. The highest BCUT2D eigenvalue weighted by atomic mass is 16.5. The van der Waals surface area contributed by atoms with Crippen LogP contribution in [0.15, 0.2) is 36.4 Å². The van der Waals surface area contributed by atoms with E-state index in [1.807, 2.05) is 25.1 Å². The second kappa shape index (κ2) is 7.47. The fourth-order valence-corrected chi connectivity index (χ4v) is 3.17. The summed E-state index contributed by atoms with van der Waals surface area (Å²) in [6, 6.07) is 10.7. The molecule has 2 aromatic rings. The number of nitrogens with one attached hydrogen (secondary N) is 1. The molecule has 1 N–H and O–H groups in total. The molecule has 3 rings (SSSR count). The van der Waals surface area contributed by atoms with Gasteiger partial charge in [-0.2, -0.15) is 0 Å². The minimum absolute atomic E-state index is 0.141. The Kier molecular flexibility index (Phi) is 5.11. The van der Waals surface area contributed by atoms with E-state index in [-0.39, 0.29) is 11.8 Å². The molecule has 1 aliphatic rings. The lowest BCUT2D eigenvalue weighted by molar-refractivity contribution is -0.118. The first kappa shape index (κ1) is 17.8. The lowest BCUT2D eigenvalue weighted by Gasteiger charge is -2.28. The number of benzene rings is 2. The van der Waals surface area contributed by atoms with Crippen LogP contribution in [-0.2, 0) is 11.2 Å². The number of carbonyl (C=O) groups is 2. The van der Waals surface area contributed by atoms with E-state index in [1.54, 1.807) is 30.2 Å². The van der Waals surface area contributed by atoms with Crippen molar-refractivity contribution in [3.8, 4) is 11.5 Å². The molecule has 0 saturated carbocycles. The summed E-state index contributed by atoms with van der Waals surface area (Å²) in [5.74, 6) is 0.983. The quantitative estimate of drug-likeness (QED) is 0.895. The van der Waals surface area contributed by atoms with Gasteiger partial charge in [0.1, 0.15) is 0 Å². The number of rotatable bonds is 5. The van der Waals surface area contributed by atoms with Gasteiger partial charge in [0.2, 0.25) is 5.91 Å². The van der Waals surface area contributed by atoms with Crippen molar-refractivity contribution in [2.45, 2.75) is 19.8 Å². The van der Waals surface area contributed by atoms with E-state index in [2.05, 4.69) is 5.32 Å². The zero-order chi connectivity index (χ0) is 18.7. The van der Waals surface area contributed by atoms with Crippen molar-refractivity contribution < 1.29 is 19.1 Å². The number of aryl methyl sites for hydroxylation is 1. The molecular formula is C20H22N2O4. The van der Waals surface area contributed by atoms with Crippen molar-refractivity contribution in [1.82, 2.24) is 0 Å². The number of methoxy groups -OCH3 is 2. The lowest BCUT2D eigenvalue weighted by atomic mass is 10.0. The molecule has 136 valence electrons. The maximum Gasteiger partial charge on any atom is 0.255 e. The highest BCUT2D eigenvalue weighted by Crippen LogP contribution is 2.31. The summed E-state index contributed by atoms with van der Waals surface area (Å²) >= 11 is 0. The molecule has 0 saturated heterocycles. The molecule has 0 bridgehead atoms. The first-order valence-corrected chi connectivity index (χ1v) is 8.54. The molecule has 0 radical (unpaired) electrons. The second-order valence-electron chi connectivity index (χ2n) is 6.01. The number of amides is 2. The summed E-state index contributed by atoms with van der Waals surface area (Å²) in [7, 11) is 3.08. The number of carbonyl (C=O) groups excluding carboxylic acids is 2. The second-order valence-corrected chi connectivity index (χ2v) is 6.01. The van der Waals surface area contributed by atoms with E-state index < -0.39 is 0 Å². The van der Waals surface area contributed by atoms with Crippen LogP contribution in [0.25, 0.3) is 0 Å². The molecule has 0 aliphatic carbocycles. The van der Waals surface area contributed by atoms with Crippen LogP contribution in [-0.4, -0.2) is 32.6 Å². The smallest absolute Gasteiger partial charge is 0.255 e. The van der Waals surface area contributed by atoms with Crippen LogP contribution in [0.2, 0.25) is 0 Å². The summed E-state index contributed by atoms with van der Waals surface area (Å²) < 4.78 is 10.4. The number of hydrogen-bond acceptors (Lipinski definition) is 4. The van der Waals surface area contributed by atoms with Crippen molar-refractivity contribution >= 4 is 23.2 Å². The first-order valence-electron chi connectivity index (χ1n) is 8.54. The molecule has 0 atom stereocenters. The number of fused-ring (bicyclic) bond motifs is 1. The van der Waals surface area contributed by atoms with E-state index in [0.717, 1.165) is 11.3 Å². The topological polar surface area (TPSA) is 67.9 Å². The Morgan fingerprint density at radius 2 is 1.85 bits per heavy atom. The predicted molar refractivity (Wildman–Crippen MR) is 100 cm³/mol. The monoisotopic (exact) mass is 354 g/mol. The van der Waals surface area contributed by atoms with Crippen molar-refractivity contribution in [3.05, 3.63) is 47.5 Å². The summed E-state index contributed by atoms with van der Waals surface area (Å²) in [5.41, 5.74) is 3.17. The molecule has 0 aromatic heterocycles. The van der Waals surface area contributed by atoms with Crippen LogP contribution in [0.5, 0.6) is 11.5 Å². The van der Waals surface area contributed by atoms with E-state index >= 15 is 0 Å². The fraction of sp³-hybridized carbons (Fsp3) is 0.300. The third-order valence-electron chi connectivity index (χ3n) is 4.50. The average molecular weight is 354 g/mol. The van der Waals surface area contributed by atoms with Crippen LogP contribution < -0.4 is 19.7 Å². The standard InChI is InChI=1S/C20H22N2O4/c1-4-22-16-8-7-15(11-13(16)6-10-19(22)23)21-20(24)14-5-9-17(25-2)18(12-14)26-3/h5,7-9,11-12H,4,6,10H2,1-3H3,(H,21,24). The van der Waals surface area contributed by atoms with Crippen molar-refractivity contribution in [2.75, 3.05) is 31.0 Å². The van der Waals surface area contributed by atoms with E-state index in [4.69, 9.17) is 9.47 Å². The Morgan fingerprint density at radius 1 is 1.08 bits per heavy atom. The maximum atomic E-state index is 12.6. The van der Waals surface area contributed by atoms with Crippen molar-refractivity contribution in [2.24, 2.45) is 0 Å². The van der Waals surface area contributed by atoms with Gasteiger partial charge >= 0.3 is 0 Å². The number of nitrogens with zero attached hydrogens (tertiary/aromatic N) is 1. The van der Waals surface area contributed by atoms with Crippen LogP contribution in [0, 0.1) is 0 Å². The van der Waals surface area contributed by atoms with Crippen molar-refractivity contribution in [1.29, 1.82) is 0 Å². The maximum absolute atomic E-state index is 12.6. The highest BCUT2D eigenvalue weighted by Gasteiger charge is 2.23. The largest absolute Gasteiger partial charge is 0.493 e. The van der Waals surface area contributed by atoms with Gasteiger partial charge in [-0.3, -0.25) is 9.59 Å². The van der Waals surface area contributed by atoms with E-state index in [9.17, 15) is 9.59 Å². The molecule has 26 heavy (non-hydrogen) atoms. The van der Waals surface area contributed by atoms with Gasteiger partial charge in [0, 0.05) is 29.9 Å². The predicted octanol–water partition coefficient (Wildman–Crippen LogP) is 3.26. The van der Waals surface area contributed by atoms with Gasteiger partial charge in [-0.05, 0) is 55.3 Å². The molecule has 1 aliphatic heterocycles. The summed E-state index contributed by atoms with van der Waals surface area (Å²) in [4.78, 5) is 26.3.